The van der Waals surface area contributed by atoms with Crippen molar-refractivity contribution in [3.05, 3.63) is 29.8 Å². The van der Waals surface area contributed by atoms with Crippen LogP contribution in [0.4, 0.5) is 0 Å². The predicted octanol–water partition coefficient (Wildman–Crippen LogP) is 2.60. The Bertz CT molecular complexity index is 718. The summed E-state index contributed by atoms with van der Waals surface area (Å²) in [6, 6.07) is 7.12. The molecule has 7 heteroatoms. The standard InChI is InChI=1S/C20H24N2O5/c1-25-18-13-15(7-9-17(18)26-12-11-21)8-10-20(24)27-14-19(23)22-16-5-3-2-4-6-16/h7-10,13,16H,2-6,12,14H2,1H3,(H,22,23)/b10-8+. The van der Waals surface area contributed by atoms with Crippen molar-refractivity contribution in [2.45, 2.75) is 38.1 Å². The molecule has 0 unspecified atom stereocenters. The Morgan fingerprint density at radius 2 is 2.04 bits per heavy atom. The summed E-state index contributed by atoms with van der Waals surface area (Å²) in [5.41, 5.74) is 0.694. The molecule has 1 aromatic rings. The molecule has 0 bridgehead atoms. The Labute approximate surface area is 158 Å². The number of benzene rings is 1. The topological polar surface area (TPSA) is 97.7 Å². The van der Waals surface area contributed by atoms with Gasteiger partial charge in [0, 0.05) is 12.1 Å². The molecule has 0 atom stereocenters. The van der Waals surface area contributed by atoms with E-state index in [1.165, 1.54) is 19.6 Å². The van der Waals surface area contributed by atoms with Gasteiger partial charge in [-0.2, -0.15) is 5.26 Å². The first kappa shape index (κ1) is 20.3. The smallest absolute Gasteiger partial charge is 0.331 e. The number of carbonyl (C=O) groups is 2. The van der Waals surface area contributed by atoms with E-state index in [1.807, 2.05) is 6.07 Å². The SMILES string of the molecule is COc1cc(/C=C/C(=O)OCC(=O)NC2CCCCC2)ccc1OCC#N. The molecule has 0 heterocycles. The summed E-state index contributed by atoms with van der Waals surface area (Å²) in [7, 11) is 1.49. The summed E-state index contributed by atoms with van der Waals surface area (Å²) < 4.78 is 15.4. The molecule has 0 saturated heterocycles. The average molecular weight is 372 g/mol. The van der Waals surface area contributed by atoms with Gasteiger partial charge < -0.3 is 19.5 Å². The zero-order valence-corrected chi connectivity index (χ0v) is 15.4. The van der Waals surface area contributed by atoms with E-state index in [1.54, 1.807) is 24.3 Å². The number of hydrogen-bond donors (Lipinski definition) is 1. The Balaban J connectivity index is 1.81. The Morgan fingerprint density at radius 3 is 2.74 bits per heavy atom. The van der Waals surface area contributed by atoms with Crippen molar-refractivity contribution in [1.29, 1.82) is 5.26 Å². The molecule has 1 N–H and O–H groups in total. The molecule has 1 aromatic carbocycles. The number of rotatable bonds is 8. The number of nitrogens with zero attached hydrogens (tertiary/aromatic N) is 1. The van der Waals surface area contributed by atoms with Crippen molar-refractivity contribution in [3.8, 4) is 17.6 Å². The van der Waals surface area contributed by atoms with Crippen molar-refractivity contribution in [1.82, 2.24) is 5.32 Å². The molecule has 27 heavy (non-hydrogen) atoms. The fraction of sp³-hybridized carbons (Fsp3) is 0.450. The summed E-state index contributed by atoms with van der Waals surface area (Å²) in [6.45, 7) is -0.370. The first-order valence-corrected chi connectivity index (χ1v) is 8.94. The van der Waals surface area contributed by atoms with E-state index in [-0.39, 0.29) is 25.2 Å². The van der Waals surface area contributed by atoms with Crippen molar-refractivity contribution in [2.24, 2.45) is 0 Å². The van der Waals surface area contributed by atoms with E-state index in [2.05, 4.69) is 5.32 Å². The maximum absolute atomic E-state index is 11.8. The second-order valence-corrected chi connectivity index (χ2v) is 6.20. The molecule has 2 rings (SSSR count). The molecular weight excluding hydrogens is 348 g/mol. The summed E-state index contributed by atoms with van der Waals surface area (Å²) in [6.07, 6.45) is 8.22. The molecule has 0 aromatic heterocycles. The fourth-order valence-corrected chi connectivity index (χ4v) is 2.88. The molecule has 0 radical (unpaired) electrons. The molecule has 1 saturated carbocycles. The maximum atomic E-state index is 11.8. The van der Waals surface area contributed by atoms with Crippen molar-refractivity contribution in [2.75, 3.05) is 20.3 Å². The Kier molecular flexibility index (Phi) is 8.17. The van der Waals surface area contributed by atoms with Crippen molar-refractivity contribution in [3.63, 3.8) is 0 Å². The van der Waals surface area contributed by atoms with Gasteiger partial charge in [-0.05, 0) is 36.6 Å². The summed E-state index contributed by atoms with van der Waals surface area (Å²) in [5, 5.41) is 11.5. The fourth-order valence-electron chi connectivity index (χ4n) is 2.88. The lowest BCUT2D eigenvalue weighted by atomic mass is 9.95. The van der Waals surface area contributed by atoms with Gasteiger partial charge in [0.1, 0.15) is 6.07 Å². The van der Waals surface area contributed by atoms with Crippen LogP contribution < -0.4 is 14.8 Å². The van der Waals surface area contributed by atoms with Gasteiger partial charge >= 0.3 is 5.97 Å². The second-order valence-electron chi connectivity index (χ2n) is 6.20. The Morgan fingerprint density at radius 1 is 1.26 bits per heavy atom. The highest BCUT2D eigenvalue weighted by Crippen LogP contribution is 2.28. The highest BCUT2D eigenvalue weighted by molar-refractivity contribution is 5.89. The van der Waals surface area contributed by atoms with Gasteiger partial charge in [-0.15, -0.1) is 0 Å². The second kappa shape index (κ2) is 10.9. The zero-order chi connectivity index (χ0) is 19.5. The van der Waals surface area contributed by atoms with Gasteiger partial charge in [-0.25, -0.2) is 4.79 Å². The number of nitrogens with one attached hydrogen (secondary N) is 1. The van der Waals surface area contributed by atoms with Crippen molar-refractivity contribution >= 4 is 18.0 Å². The summed E-state index contributed by atoms with van der Waals surface area (Å²) >= 11 is 0. The first-order valence-electron chi connectivity index (χ1n) is 8.94. The van der Waals surface area contributed by atoms with Crippen LogP contribution in [-0.2, 0) is 14.3 Å². The lowest BCUT2D eigenvalue weighted by molar-refractivity contribution is -0.144. The molecule has 0 spiro atoms. The predicted molar refractivity (Wildman–Crippen MR) is 99.1 cm³/mol. The van der Waals surface area contributed by atoms with Crippen LogP contribution in [0.25, 0.3) is 6.08 Å². The number of hydrogen-bond acceptors (Lipinski definition) is 6. The number of esters is 1. The maximum Gasteiger partial charge on any atom is 0.331 e. The summed E-state index contributed by atoms with van der Waals surface area (Å²) in [5.74, 6) is 0.0210. The lowest BCUT2D eigenvalue weighted by Gasteiger charge is -2.22. The van der Waals surface area contributed by atoms with Crippen LogP contribution in [0, 0.1) is 11.3 Å². The molecule has 1 fully saturated rings. The van der Waals surface area contributed by atoms with E-state index in [0.717, 1.165) is 25.7 Å². The van der Waals surface area contributed by atoms with Gasteiger partial charge in [-0.1, -0.05) is 25.3 Å². The van der Waals surface area contributed by atoms with Gasteiger partial charge in [0.2, 0.25) is 0 Å². The monoisotopic (exact) mass is 372 g/mol. The molecular formula is C20H24N2O5. The zero-order valence-electron chi connectivity index (χ0n) is 15.4. The van der Waals surface area contributed by atoms with E-state index in [9.17, 15) is 9.59 Å². The number of carbonyl (C=O) groups excluding carboxylic acids is 2. The highest BCUT2D eigenvalue weighted by Gasteiger charge is 2.16. The minimum absolute atomic E-state index is 0.0825. The van der Waals surface area contributed by atoms with Crippen LogP contribution in [0.2, 0.25) is 0 Å². The minimum Gasteiger partial charge on any atom is -0.493 e. The van der Waals surface area contributed by atoms with Crippen LogP contribution in [0.1, 0.15) is 37.7 Å². The number of methoxy groups -OCH3 is 1. The van der Waals surface area contributed by atoms with Crippen LogP contribution in [0.5, 0.6) is 11.5 Å². The third-order valence-electron chi connectivity index (χ3n) is 4.21. The van der Waals surface area contributed by atoms with Gasteiger partial charge in [0.15, 0.2) is 24.7 Å². The molecule has 0 aliphatic heterocycles. The third-order valence-corrected chi connectivity index (χ3v) is 4.21. The van der Waals surface area contributed by atoms with Crippen LogP contribution >= 0.6 is 0 Å². The number of ether oxygens (including phenoxy) is 3. The number of amides is 1. The van der Waals surface area contributed by atoms with E-state index >= 15 is 0 Å². The molecule has 7 nitrogen and oxygen atoms in total. The molecule has 1 aliphatic rings. The molecule has 144 valence electrons. The van der Waals surface area contributed by atoms with Gasteiger partial charge in [-0.3, -0.25) is 4.79 Å². The van der Waals surface area contributed by atoms with E-state index < -0.39 is 5.97 Å². The lowest BCUT2D eigenvalue weighted by Crippen LogP contribution is -2.38. The Hall–Kier alpha value is -3.01. The quantitative estimate of drug-likeness (QED) is 0.556. The van der Waals surface area contributed by atoms with E-state index in [0.29, 0.717) is 17.1 Å². The molecule has 1 aliphatic carbocycles. The van der Waals surface area contributed by atoms with E-state index in [4.69, 9.17) is 19.5 Å². The normalized spacial score (nSPS) is 14.4. The molecule has 1 amide bonds. The van der Waals surface area contributed by atoms with Gasteiger partial charge in [0.05, 0.1) is 7.11 Å². The average Bonchev–Trinajstić information content (AvgIpc) is 2.70. The summed E-state index contributed by atoms with van der Waals surface area (Å²) in [4.78, 5) is 23.6. The largest absolute Gasteiger partial charge is 0.493 e. The van der Waals surface area contributed by atoms with Gasteiger partial charge in [0.25, 0.3) is 5.91 Å². The van der Waals surface area contributed by atoms with Crippen LogP contribution in [0.3, 0.4) is 0 Å². The highest BCUT2D eigenvalue weighted by atomic mass is 16.5. The third kappa shape index (κ3) is 7.02. The van der Waals surface area contributed by atoms with Crippen LogP contribution in [0.15, 0.2) is 24.3 Å². The first-order chi connectivity index (χ1) is 13.1. The van der Waals surface area contributed by atoms with Crippen LogP contribution in [-0.4, -0.2) is 38.2 Å². The number of nitriles is 1. The van der Waals surface area contributed by atoms with Crippen molar-refractivity contribution < 1.29 is 23.8 Å². The minimum atomic E-state index is -0.599.